The number of anilines is 1. The molecule has 0 heterocycles. The molecule has 2 aromatic rings. The Kier molecular flexibility index (Phi) is 4.84. The quantitative estimate of drug-likeness (QED) is 0.551. The summed E-state index contributed by atoms with van der Waals surface area (Å²) in [7, 11) is 0. The van der Waals surface area contributed by atoms with E-state index in [9.17, 15) is 4.39 Å². The van der Waals surface area contributed by atoms with Gasteiger partial charge in [0.2, 0.25) is 0 Å². The minimum absolute atomic E-state index is 0.0463. The summed E-state index contributed by atoms with van der Waals surface area (Å²) in [5.41, 5.74) is 5.74. The summed E-state index contributed by atoms with van der Waals surface area (Å²) in [5, 5.41) is 0.0925. The van der Waals surface area contributed by atoms with Crippen molar-refractivity contribution < 1.29 is 4.39 Å². The van der Waals surface area contributed by atoms with Crippen LogP contribution in [0.3, 0.4) is 0 Å². The summed E-state index contributed by atoms with van der Waals surface area (Å²) in [6.45, 7) is 5.47. The Bertz CT molecular complexity index is 703. The van der Waals surface area contributed by atoms with E-state index >= 15 is 0 Å². The lowest BCUT2D eigenvalue weighted by atomic mass is 10.0. The van der Waals surface area contributed by atoms with Gasteiger partial charge in [-0.05, 0) is 66.8 Å². The van der Waals surface area contributed by atoms with Crippen molar-refractivity contribution in [2.45, 2.75) is 31.0 Å². The fourth-order valence-electron chi connectivity index (χ4n) is 3.26. The van der Waals surface area contributed by atoms with Gasteiger partial charge in [0.1, 0.15) is 5.82 Å². The van der Waals surface area contributed by atoms with Gasteiger partial charge in [0.15, 0.2) is 0 Å². The molecule has 0 fully saturated rings. The molecule has 0 saturated heterocycles. The minimum atomic E-state index is -0.176. The molecule has 23 heavy (non-hydrogen) atoms. The second-order valence-corrected chi connectivity index (χ2v) is 7.78. The second-order valence-electron chi connectivity index (χ2n) is 6.29. The van der Waals surface area contributed by atoms with Crippen LogP contribution in [-0.2, 0) is 6.42 Å². The zero-order valence-corrected chi connectivity index (χ0v) is 14.8. The van der Waals surface area contributed by atoms with Crippen LogP contribution in [0.25, 0.3) is 11.1 Å². The molecule has 2 atom stereocenters. The van der Waals surface area contributed by atoms with Gasteiger partial charge in [0.05, 0.1) is 0 Å². The van der Waals surface area contributed by atoms with Crippen molar-refractivity contribution in [2.75, 3.05) is 18.0 Å². The van der Waals surface area contributed by atoms with E-state index in [0.29, 0.717) is 0 Å². The first kappa shape index (κ1) is 16.6. The molecule has 0 bridgehead atoms. The molecular formula is C19H20Cl2FN. The Morgan fingerprint density at radius 1 is 0.957 bits per heavy atom. The monoisotopic (exact) mass is 351 g/mol. The fraction of sp³-hybridized carbons (Fsp3) is 0.368. The number of hydrogen-bond donors (Lipinski definition) is 0. The highest BCUT2D eigenvalue weighted by molar-refractivity contribution is 6.21. The van der Waals surface area contributed by atoms with Crippen molar-refractivity contribution in [3.63, 3.8) is 0 Å². The lowest BCUT2D eigenvalue weighted by molar-refractivity contribution is 0.626. The van der Waals surface area contributed by atoms with Crippen molar-refractivity contribution in [1.29, 1.82) is 0 Å². The normalized spacial score (nSPS) is 15.0. The zero-order chi connectivity index (χ0) is 16.6. The third-order valence-corrected chi connectivity index (χ3v) is 4.41. The topological polar surface area (TPSA) is 3.24 Å². The van der Waals surface area contributed by atoms with E-state index < -0.39 is 0 Å². The van der Waals surface area contributed by atoms with Gasteiger partial charge in [-0.15, -0.1) is 23.2 Å². The van der Waals surface area contributed by atoms with Gasteiger partial charge in [0, 0.05) is 29.5 Å². The van der Waals surface area contributed by atoms with E-state index in [4.69, 9.17) is 23.2 Å². The average molecular weight is 352 g/mol. The molecule has 0 spiro atoms. The molecule has 0 aromatic heterocycles. The number of benzene rings is 2. The Labute approximate surface area is 147 Å². The van der Waals surface area contributed by atoms with Crippen LogP contribution >= 0.6 is 23.2 Å². The maximum Gasteiger partial charge on any atom is 0.123 e. The zero-order valence-electron chi connectivity index (χ0n) is 13.3. The van der Waals surface area contributed by atoms with Gasteiger partial charge in [-0.2, -0.15) is 0 Å². The molecule has 4 heteroatoms. The smallest absolute Gasteiger partial charge is 0.123 e. The van der Waals surface area contributed by atoms with Crippen LogP contribution in [-0.4, -0.2) is 23.8 Å². The molecule has 1 aliphatic rings. The van der Waals surface area contributed by atoms with Crippen LogP contribution < -0.4 is 4.90 Å². The molecule has 1 aliphatic carbocycles. The molecule has 0 aliphatic heterocycles. The predicted molar refractivity (Wildman–Crippen MR) is 97.5 cm³/mol. The summed E-state index contributed by atoms with van der Waals surface area (Å²) >= 11 is 12.4. The summed E-state index contributed by atoms with van der Waals surface area (Å²) < 4.78 is 13.4. The molecule has 0 saturated carbocycles. The number of halogens is 3. The van der Waals surface area contributed by atoms with Gasteiger partial charge in [-0.1, -0.05) is 12.1 Å². The third-order valence-electron chi connectivity index (χ3n) is 4.14. The predicted octanol–water partition coefficient (Wildman–Crippen LogP) is 5.46. The van der Waals surface area contributed by atoms with Crippen LogP contribution in [0.15, 0.2) is 36.4 Å². The molecule has 3 rings (SSSR count). The van der Waals surface area contributed by atoms with Crippen molar-refractivity contribution in [2.24, 2.45) is 0 Å². The Hall–Kier alpha value is -1.25. The molecule has 0 amide bonds. The molecule has 122 valence electrons. The SMILES string of the molecule is CC(Cl)CN(CC(C)Cl)c1ccc2c(c1)Cc1cc(F)ccc1-2. The summed E-state index contributed by atoms with van der Waals surface area (Å²) in [6.07, 6.45) is 0.775. The molecular weight excluding hydrogens is 332 g/mol. The van der Waals surface area contributed by atoms with E-state index in [0.717, 1.165) is 36.3 Å². The summed E-state index contributed by atoms with van der Waals surface area (Å²) in [5.74, 6) is -0.176. The molecule has 0 radical (unpaired) electrons. The van der Waals surface area contributed by atoms with Crippen LogP contribution in [0.4, 0.5) is 10.1 Å². The molecule has 0 N–H and O–H groups in total. The number of fused-ring (bicyclic) bond motifs is 3. The van der Waals surface area contributed by atoms with Crippen LogP contribution in [0, 0.1) is 5.82 Å². The summed E-state index contributed by atoms with van der Waals surface area (Å²) in [4.78, 5) is 2.22. The maximum atomic E-state index is 13.4. The Balaban J connectivity index is 1.92. The number of rotatable bonds is 5. The maximum absolute atomic E-state index is 13.4. The molecule has 2 unspecified atom stereocenters. The number of nitrogens with zero attached hydrogens (tertiary/aromatic N) is 1. The summed E-state index contributed by atoms with van der Waals surface area (Å²) in [6, 6.07) is 11.4. The van der Waals surface area contributed by atoms with E-state index in [1.54, 1.807) is 6.07 Å². The largest absolute Gasteiger partial charge is 0.369 e. The minimum Gasteiger partial charge on any atom is -0.369 e. The van der Waals surface area contributed by atoms with Crippen molar-refractivity contribution in [1.82, 2.24) is 0 Å². The van der Waals surface area contributed by atoms with Crippen molar-refractivity contribution in [3.05, 3.63) is 53.3 Å². The van der Waals surface area contributed by atoms with E-state index in [1.807, 2.05) is 19.9 Å². The van der Waals surface area contributed by atoms with Gasteiger partial charge < -0.3 is 4.90 Å². The Morgan fingerprint density at radius 3 is 2.13 bits per heavy atom. The van der Waals surface area contributed by atoms with Crippen molar-refractivity contribution in [3.8, 4) is 11.1 Å². The van der Waals surface area contributed by atoms with Crippen LogP contribution in [0.2, 0.25) is 0 Å². The first-order valence-electron chi connectivity index (χ1n) is 7.89. The third kappa shape index (κ3) is 3.64. The molecule has 2 aromatic carbocycles. The lowest BCUT2D eigenvalue weighted by Gasteiger charge is -2.27. The highest BCUT2D eigenvalue weighted by Gasteiger charge is 2.21. The molecule has 1 nitrogen and oxygen atoms in total. The first-order valence-corrected chi connectivity index (χ1v) is 8.76. The standard InChI is InChI=1S/C19H20Cl2FN/c1-12(20)10-23(11-13(2)21)17-4-6-19-15(9-17)7-14-8-16(22)3-5-18(14)19/h3-6,8-9,12-13H,7,10-11H2,1-2H3. The Morgan fingerprint density at radius 2 is 1.52 bits per heavy atom. The van der Waals surface area contributed by atoms with Gasteiger partial charge >= 0.3 is 0 Å². The second kappa shape index (κ2) is 6.70. The lowest BCUT2D eigenvalue weighted by Crippen LogP contribution is -2.33. The number of hydrogen-bond acceptors (Lipinski definition) is 1. The van der Waals surface area contributed by atoms with Gasteiger partial charge in [0.25, 0.3) is 0 Å². The first-order chi connectivity index (χ1) is 10.9. The van der Waals surface area contributed by atoms with Gasteiger partial charge in [-0.25, -0.2) is 4.39 Å². The fourth-order valence-corrected chi connectivity index (χ4v) is 3.59. The van der Waals surface area contributed by atoms with Crippen LogP contribution in [0.1, 0.15) is 25.0 Å². The highest BCUT2D eigenvalue weighted by atomic mass is 35.5. The van der Waals surface area contributed by atoms with Crippen LogP contribution in [0.5, 0.6) is 0 Å². The number of alkyl halides is 2. The van der Waals surface area contributed by atoms with E-state index in [2.05, 4.69) is 23.1 Å². The van der Waals surface area contributed by atoms with E-state index in [1.165, 1.54) is 17.2 Å². The van der Waals surface area contributed by atoms with E-state index in [-0.39, 0.29) is 16.6 Å². The average Bonchev–Trinajstić information content (AvgIpc) is 2.81. The highest BCUT2D eigenvalue weighted by Crippen LogP contribution is 2.38. The van der Waals surface area contributed by atoms with Crippen molar-refractivity contribution >= 4 is 28.9 Å². The van der Waals surface area contributed by atoms with Gasteiger partial charge in [-0.3, -0.25) is 0 Å².